The molecule has 138 valence electrons. The Kier molecular flexibility index (Phi) is 4.85. The van der Waals surface area contributed by atoms with Gasteiger partial charge in [-0.15, -0.1) is 0 Å². The number of rotatable bonds is 4. The van der Waals surface area contributed by atoms with Crippen molar-refractivity contribution in [3.05, 3.63) is 92.9 Å². The van der Waals surface area contributed by atoms with Crippen molar-refractivity contribution in [1.29, 1.82) is 0 Å². The maximum absolute atomic E-state index is 13.4. The molecule has 3 aromatic rings. The molecule has 3 heteroatoms. The minimum Gasteiger partial charge on any atom is -0.507 e. The van der Waals surface area contributed by atoms with Gasteiger partial charge >= 0.3 is 0 Å². The summed E-state index contributed by atoms with van der Waals surface area (Å²) >= 11 is 0. The van der Waals surface area contributed by atoms with E-state index < -0.39 is 0 Å². The highest BCUT2D eigenvalue weighted by Crippen LogP contribution is 2.32. The van der Waals surface area contributed by atoms with Crippen molar-refractivity contribution in [2.75, 3.05) is 0 Å². The zero-order valence-corrected chi connectivity index (χ0v) is 15.7. The van der Waals surface area contributed by atoms with E-state index in [0.717, 1.165) is 54.6 Å². The zero-order chi connectivity index (χ0) is 18.8. The third-order valence-corrected chi connectivity index (χ3v) is 5.57. The van der Waals surface area contributed by atoms with Gasteiger partial charge in [0, 0.05) is 23.4 Å². The molecule has 1 N–H and O–H groups in total. The summed E-state index contributed by atoms with van der Waals surface area (Å²) in [6.45, 7) is 2.13. The first-order valence-electron chi connectivity index (χ1n) is 9.81. The van der Waals surface area contributed by atoms with Crippen LogP contribution in [0.15, 0.2) is 59.4 Å². The van der Waals surface area contributed by atoms with Gasteiger partial charge in [0.25, 0.3) is 5.56 Å². The quantitative estimate of drug-likeness (QED) is 0.741. The van der Waals surface area contributed by atoms with Crippen molar-refractivity contribution in [3.63, 3.8) is 0 Å². The fraction of sp³-hybridized carbons (Fsp3) is 0.292. The smallest absolute Gasteiger partial charge is 0.262 e. The van der Waals surface area contributed by atoms with E-state index in [0.29, 0.717) is 12.0 Å². The van der Waals surface area contributed by atoms with Crippen molar-refractivity contribution in [3.8, 4) is 11.4 Å². The maximum atomic E-state index is 13.4. The molecular weight excluding hydrogens is 334 g/mol. The van der Waals surface area contributed by atoms with Crippen molar-refractivity contribution >= 4 is 0 Å². The number of benzene rings is 2. The Morgan fingerprint density at radius 2 is 1.63 bits per heavy atom. The van der Waals surface area contributed by atoms with Gasteiger partial charge in [-0.1, -0.05) is 49.4 Å². The molecule has 0 spiro atoms. The number of aromatic hydroxyl groups is 1. The van der Waals surface area contributed by atoms with Gasteiger partial charge in [0.05, 0.1) is 5.56 Å². The van der Waals surface area contributed by atoms with Crippen molar-refractivity contribution in [2.24, 2.45) is 0 Å². The van der Waals surface area contributed by atoms with Crippen LogP contribution in [-0.2, 0) is 25.7 Å². The van der Waals surface area contributed by atoms with Crippen molar-refractivity contribution in [2.45, 2.75) is 45.4 Å². The summed E-state index contributed by atoms with van der Waals surface area (Å²) in [5, 5.41) is 10.9. The molecular formula is C24H25NO2. The van der Waals surface area contributed by atoms with Crippen LogP contribution in [0.1, 0.15) is 47.7 Å². The molecule has 0 aliphatic heterocycles. The molecule has 27 heavy (non-hydrogen) atoms. The summed E-state index contributed by atoms with van der Waals surface area (Å²) in [6, 6.07) is 18.1. The molecule has 1 aromatic heterocycles. The normalized spacial score (nSPS) is 13.4. The molecule has 0 amide bonds. The summed E-state index contributed by atoms with van der Waals surface area (Å²) in [6.07, 6.45) is 5.19. The summed E-state index contributed by atoms with van der Waals surface area (Å²) in [5.74, 6) is 0.208. The van der Waals surface area contributed by atoms with Crippen LogP contribution in [-0.4, -0.2) is 9.67 Å². The third-order valence-electron chi connectivity index (χ3n) is 5.57. The predicted octanol–water partition coefficient (Wildman–Crippen LogP) is 4.58. The molecule has 0 atom stereocenters. The van der Waals surface area contributed by atoms with E-state index in [-0.39, 0.29) is 11.3 Å². The van der Waals surface area contributed by atoms with E-state index in [9.17, 15) is 9.90 Å². The van der Waals surface area contributed by atoms with Gasteiger partial charge in [-0.2, -0.15) is 0 Å². The monoisotopic (exact) mass is 359 g/mol. The van der Waals surface area contributed by atoms with E-state index in [1.165, 1.54) is 5.56 Å². The molecule has 3 nitrogen and oxygen atoms in total. The highest BCUT2D eigenvalue weighted by atomic mass is 16.3. The van der Waals surface area contributed by atoms with Crippen molar-refractivity contribution < 1.29 is 5.11 Å². The number of hydrogen-bond acceptors (Lipinski definition) is 2. The Labute approximate surface area is 159 Å². The van der Waals surface area contributed by atoms with Crippen LogP contribution in [0.5, 0.6) is 5.75 Å². The minimum absolute atomic E-state index is 0.0961. The average molecular weight is 359 g/mol. The van der Waals surface area contributed by atoms with E-state index in [2.05, 4.69) is 19.1 Å². The van der Waals surface area contributed by atoms with Gasteiger partial charge < -0.3 is 5.11 Å². The number of hydrogen-bond donors (Lipinski definition) is 1. The van der Waals surface area contributed by atoms with Crippen LogP contribution in [0.2, 0.25) is 0 Å². The van der Waals surface area contributed by atoms with Crippen LogP contribution in [0.3, 0.4) is 0 Å². The molecule has 1 aliphatic rings. The van der Waals surface area contributed by atoms with Crippen LogP contribution in [0, 0.1) is 0 Å². The van der Waals surface area contributed by atoms with E-state index in [1.54, 1.807) is 0 Å². The van der Waals surface area contributed by atoms with Gasteiger partial charge in [-0.25, -0.2) is 0 Å². The lowest BCUT2D eigenvalue weighted by Crippen LogP contribution is -2.29. The summed E-state index contributed by atoms with van der Waals surface area (Å²) < 4.78 is 1.84. The Balaban J connectivity index is 1.91. The molecule has 4 rings (SSSR count). The highest BCUT2D eigenvalue weighted by molar-refractivity contribution is 5.49. The van der Waals surface area contributed by atoms with Gasteiger partial charge in [-0.05, 0) is 55.4 Å². The van der Waals surface area contributed by atoms with Crippen molar-refractivity contribution in [1.82, 2.24) is 4.57 Å². The lowest BCUT2D eigenvalue weighted by molar-refractivity contribution is 0.449. The highest BCUT2D eigenvalue weighted by Gasteiger charge is 2.24. The Morgan fingerprint density at radius 3 is 2.33 bits per heavy atom. The molecule has 0 saturated heterocycles. The Hall–Kier alpha value is -2.81. The second-order valence-corrected chi connectivity index (χ2v) is 7.28. The standard InChI is InChI=1S/C24H25NO2/c1-2-17-12-14-19(15-13-17)25-22-11-7-6-10-20(22)23(26)21(24(25)27)16-18-8-4-3-5-9-18/h3-5,8-9,12-15,26H,2,6-7,10-11,16H2,1H3. The maximum Gasteiger partial charge on any atom is 0.262 e. The lowest BCUT2D eigenvalue weighted by atomic mass is 9.91. The zero-order valence-electron chi connectivity index (χ0n) is 15.7. The Morgan fingerprint density at radius 1 is 0.926 bits per heavy atom. The van der Waals surface area contributed by atoms with E-state index in [4.69, 9.17) is 0 Å². The van der Waals surface area contributed by atoms with Crippen LogP contribution >= 0.6 is 0 Å². The first kappa shape index (κ1) is 17.6. The molecule has 0 fully saturated rings. The first-order valence-corrected chi connectivity index (χ1v) is 9.81. The largest absolute Gasteiger partial charge is 0.507 e. The molecule has 2 aromatic carbocycles. The molecule has 0 unspecified atom stereocenters. The number of nitrogens with zero attached hydrogens (tertiary/aromatic N) is 1. The molecule has 0 saturated carbocycles. The lowest BCUT2D eigenvalue weighted by Gasteiger charge is -2.24. The summed E-state index contributed by atoms with van der Waals surface area (Å²) in [5.41, 5.74) is 5.51. The fourth-order valence-electron chi connectivity index (χ4n) is 4.05. The average Bonchev–Trinajstić information content (AvgIpc) is 2.72. The Bertz CT molecular complexity index is 1000. The van der Waals surface area contributed by atoms with Gasteiger partial charge in [0.2, 0.25) is 0 Å². The summed E-state index contributed by atoms with van der Waals surface area (Å²) in [4.78, 5) is 13.4. The van der Waals surface area contributed by atoms with Crippen LogP contribution in [0.25, 0.3) is 5.69 Å². The number of fused-ring (bicyclic) bond motifs is 1. The van der Waals surface area contributed by atoms with E-state index in [1.807, 2.05) is 47.0 Å². The second kappa shape index (κ2) is 7.43. The SMILES string of the molecule is CCc1ccc(-n2c3c(c(O)c(Cc4ccccc4)c2=O)CCCC3)cc1. The number of pyridine rings is 1. The van der Waals surface area contributed by atoms with Gasteiger partial charge in [0.15, 0.2) is 0 Å². The van der Waals surface area contributed by atoms with Crippen LogP contribution < -0.4 is 5.56 Å². The third kappa shape index (κ3) is 3.30. The second-order valence-electron chi connectivity index (χ2n) is 7.28. The van der Waals surface area contributed by atoms with Crippen LogP contribution in [0.4, 0.5) is 0 Å². The number of aromatic nitrogens is 1. The topological polar surface area (TPSA) is 42.2 Å². The fourth-order valence-corrected chi connectivity index (χ4v) is 4.05. The molecule has 1 aliphatic carbocycles. The number of aryl methyl sites for hydroxylation is 1. The summed E-state index contributed by atoms with van der Waals surface area (Å²) in [7, 11) is 0. The first-order chi connectivity index (χ1) is 13.2. The predicted molar refractivity (Wildman–Crippen MR) is 109 cm³/mol. The van der Waals surface area contributed by atoms with Gasteiger partial charge in [-0.3, -0.25) is 9.36 Å². The minimum atomic E-state index is -0.0961. The molecule has 0 radical (unpaired) electrons. The molecule has 0 bridgehead atoms. The molecule has 1 heterocycles. The van der Waals surface area contributed by atoms with Gasteiger partial charge in [0.1, 0.15) is 5.75 Å². The van der Waals surface area contributed by atoms with E-state index >= 15 is 0 Å².